The highest BCUT2D eigenvalue weighted by atomic mass is 16.5. The Morgan fingerprint density at radius 1 is 1.22 bits per heavy atom. The Kier molecular flexibility index (Phi) is 5.51. The zero-order valence-corrected chi connectivity index (χ0v) is 13.9. The fourth-order valence-electron chi connectivity index (χ4n) is 3.22. The van der Waals surface area contributed by atoms with Gasteiger partial charge in [-0.2, -0.15) is 0 Å². The minimum atomic E-state index is -0.187. The summed E-state index contributed by atoms with van der Waals surface area (Å²) in [6, 6.07) is 8.29. The second-order valence-electron chi connectivity index (χ2n) is 6.18. The Labute approximate surface area is 138 Å². The number of amides is 1. The molecule has 1 unspecified atom stereocenters. The number of carbonyl (C=O) groups excluding carboxylic acids is 1. The van der Waals surface area contributed by atoms with Crippen LogP contribution in [0.15, 0.2) is 24.3 Å². The SMILES string of the molecule is CCOc1ccc(CN2CCN(C(=O)C3CCCO3)CC2)cc1. The van der Waals surface area contributed by atoms with E-state index in [1.807, 2.05) is 24.0 Å². The minimum absolute atomic E-state index is 0.184. The number of nitrogens with zero attached hydrogens (tertiary/aromatic N) is 2. The summed E-state index contributed by atoms with van der Waals surface area (Å²) >= 11 is 0. The van der Waals surface area contributed by atoms with E-state index in [1.54, 1.807) is 0 Å². The molecule has 0 N–H and O–H groups in total. The molecule has 5 nitrogen and oxygen atoms in total. The van der Waals surface area contributed by atoms with Gasteiger partial charge in [-0.3, -0.25) is 9.69 Å². The molecule has 1 aromatic rings. The molecule has 0 bridgehead atoms. The predicted molar refractivity (Wildman–Crippen MR) is 88.4 cm³/mol. The summed E-state index contributed by atoms with van der Waals surface area (Å²) in [7, 11) is 0. The standard InChI is InChI=1S/C18H26N2O3/c1-2-22-16-7-5-15(6-8-16)14-19-9-11-20(12-10-19)18(21)17-4-3-13-23-17/h5-8,17H,2-4,9-14H2,1H3. The third-order valence-electron chi connectivity index (χ3n) is 4.53. The molecule has 126 valence electrons. The average Bonchev–Trinajstić information content (AvgIpc) is 3.11. The van der Waals surface area contributed by atoms with Crippen molar-refractivity contribution in [1.82, 2.24) is 9.80 Å². The zero-order chi connectivity index (χ0) is 16.1. The summed E-state index contributed by atoms with van der Waals surface area (Å²) in [5, 5.41) is 0. The number of ether oxygens (including phenoxy) is 2. The van der Waals surface area contributed by atoms with Gasteiger partial charge in [-0.1, -0.05) is 12.1 Å². The van der Waals surface area contributed by atoms with E-state index in [0.29, 0.717) is 6.61 Å². The van der Waals surface area contributed by atoms with Crippen LogP contribution >= 0.6 is 0 Å². The van der Waals surface area contributed by atoms with Crippen molar-refractivity contribution in [3.05, 3.63) is 29.8 Å². The maximum Gasteiger partial charge on any atom is 0.251 e. The monoisotopic (exact) mass is 318 g/mol. The minimum Gasteiger partial charge on any atom is -0.494 e. The van der Waals surface area contributed by atoms with Crippen molar-refractivity contribution in [2.75, 3.05) is 39.4 Å². The number of rotatable bonds is 5. The van der Waals surface area contributed by atoms with Crippen LogP contribution in [0.25, 0.3) is 0 Å². The van der Waals surface area contributed by atoms with Gasteiger partial charge in [0.1, 0.15) is 11.9 Å². The van der Waals surface area contributed by atoms with Crippen LogP contribution in [-0.2, 0) is 16.1 Å². The van der Waals surface area contributed by atoms with Gasteiger partial charge in [-0.25, -0.2) is 0 Å². The molecule has 23 heavy (non-hydrogen) atoms. The van der Waals surface area contributed by atoms with E-state index in [1.165, 1.54) is 5.56 Å². The lowest BCUT2D eigenvalue weighted by Crippen LogP contribution is -2.51. The normalized spacial score (nSPS) is 22.3. The lowest BCUT2D eigenvalue weighted by molar-refractivity contribution is -0.142. The molecular weight excluding hydrogens is 292 g/mol. The van der Waals surface area contributed by atoms with Gasteiger partial charge in [0, 0.05) is 39.3 Å². The molecule has 0 aromatic heterocycles. The summed E-state index contributed by atoms with van der Waals surface area (Å²) in [6.07, 6.45) is 1.70. The van der Waals surface area contributed by atoms with Gasteiger partial charge in [0.05, 0.1) is 6.61 Å². The molecular formula is C18H26N2O3. The van der Waals surface area contributed by atoms with Gasteiger partial charge in [0.15, 0.2) is 0 Å². The fraction of sp³-hybridized carbons (Fsp3) is 0.611. The topological polar surface area (TPSA) is 42.0 Å². The third-order valence-corrected chi connectivity index (χ3v) is 4.53. The van der Waals surface area contributed by atoms with Crippen LogP contribution in [0.1, 0.15) is 25.3 Å². The summed E-state index contributed by atoms with van der Waals surface area (Å²) in [4.78, 5) is 16.7. The molecule has 0 saturated carbocycles. The average molecular weight is 318 g/mol. The van der Waals surface area contributed by atoms with Crippen molar-refractivity contribution in [3.8, 4) is 5.75 Å². The molecule has 3 rings (SSSR count). The zero-order valence-electron chi connectivity index (χ0n) is 13.9. The van der Waals surface area contributed by atoms with Gasteiger partial charge in [-0.15, -0.1) is 0 Å². The van der Waals surface area contributed by atoms with Gasteiger partial charge >= 0.3 is 0 Å². The molecule has 2 aliphatic heterocycles. The van der Waals surface area contributed by atoms with E-state index in [9.17, 15) is 4.79 Å². The quantitative estimate of drug-likeness (QED) is 0.832. The highest BCUT2D eigenvalue weighted by molar-refractivity contribution is 5.81. The lowest BCUT2D eigenvalue weighted by atomic mass is 10.1. The molecule has 1 aromatic carbocycles. The molecule has 2 heterocycles. The molecule has 1 atom stereocenters. The van der Waals surface area contributed by atoms with Gasteiger partial charge in [0.25, 0.3) is 5.91 Å². The smallest absolute Gasteiger partial charge is 0.251 e. The largest absolute Gasteiger partial charge is 0.494 e. The summed E-state index contributed by atoms with van der Waals surface area (Å²) < 4.78 is 11.0. The Hall–Kier alpha value is -1.59. The summed E-state index contributed by atoms with van der Waals surface area (Å²) in [5.74, 6) is 1.10. The van der Waals surface area contributed by atoms with Crippen molar-refractivity contribution in [2.45, 2.75) is 32.4 Å². The molecule has 0 radical (unpaired) electrons. The number of piperazine rings is 1. The molecule has 1 amide bonds. The maximum absolute atomic E-state index is 12.3. The van der Waals surface area contributed by atoms with Crippen LogP contribution in [0, 0.1) is 0 Å². The number of carbonyl (C=O) groups is 1. The van der Waals surface area contributed by atoms with Gasteiger partial charge < -0.3 is 14.4 Å². The number of hydrogen-bond acceptors (Lipinski definition) is 4. The second-order valence-corrected chi connectivity index (χ2v) is 6.18. The summed E-state index contributed by atoms with van der Waals surface area (Å²) in [5.41, 5.74) is 1.28. The van der Waals surface area contributed by atoms with Crippen LogP contribution in [0.5, 0.6) is 5.75 Å². The molecule has 2 fully saturated rings. The van der Waals surface area contributed by atoms with Crippen molar-refractivity contribution < 1.29 is 14.3 Å². The molecule has 2 saturated heterocycles. The molecule has 0 spiro atoms. The third kappa shape index (κ3) is 4.24. The van der Waals surface area contributed by atoms with E-state index in [4.69, 9.17) is 9.47 Å². The molecule has 0 aliphatic carbocycles. The van der Waals surface area contributed by atoms with Gasteiger partial charge in [-0.05, 0) is 37.5 Å². The van der Waals surface area contributed by atoms with Crippen molar-refractivity contribution >= 4 is 5.91 Å². The van der Waals surface area contributed by atoms with Crippen molar-refractivity contribution in [2.24, 2.45) is 0 Å². The first kappa shape index (κ1) is 16.3. The van der Waals surface area contributed by atoms with Crippen molar-refractivity contribution in [3.63, 3.8) is 0 Å². The first-order valence-corrected chi connectivity index (χ1v) is 8.60. The van der Waals surface area contributed by atoms with E-state index in [-0.39, 0.29) is 12.0 Å². The van der Waals surface area contributed by atoms with Crippen LogP contribution < -0.4 is 4.74 Å². The second kappa shape index (κ2) is 7.79. The maximum atomic E-state index is 12.3. The summed E-state index contributed by atoms with van der Waals surface area (Å²) in [6.45, 7) is 7.79. The first-order valence-electron chi connectivity index (χ1n) is 8.60. The predicted octanol–water partition coefficient (Wildman–Crippen LogP) is 1.91. The van der Waals surface area contributed by atoms with E-state index in [2.05, 4.69) is 17.0 Å². The highest BCUT2D eigenvalue weighted by Crippen LogP contribution is 2.17. The number of hydrogen-bond donors (Lipinski definition) is 0. The Bertz CT molecular complexity index is 504. The fourth-order valence-corrected chi connectivity index (χ4v) is 3.22. The molecule has 5 heteroatoms. The number of benzene rings is 1. The lowest BCUT2D eigenvalue weighted by Gasteiger charge is -2.35. The Morgan fingerprint density at radius 2 is 1.96 bits per heavy atom. The first-order chi connectivity index (χ1) is 11.3. The van der Waals surface area contributed by atoms with E-state index < -0.39 is 0 Å². The Balaban J connectivity index is 1.46. The Morgan fingerprint density at radius 3 is 2.57 bits per heavy atom. The van der Waals surface area contributed by atoms with Crippen LogP contribution in [0.4, 0.5) is 0 Å². The van der Waals surface area contributed by atoms with Crippen LogP contribution in [0.3, 0.4) is 0 Å². The van der Waals surface area contributed by atoms with E-state index >= 15 is 0 Å². The van der Waals surface area contributed by atoms with Crippen LogP contribution in [-0.4, -0.2) is 61.2 Å². The molecule has 2 aliphatic rings. The van der Waals surface area contributed by atoms with Gasteiger partial charge in [0.2, 0.25) is 0 Å². The van der Waals surface area contributed by atoms with Crippen molar-refractivity contribution in [1.29, 1.82) is 0 Å². The van der Waals surface area contributed by atoms with Crippen LogP contribution in [0.2, 0.25) is 0 Å². The van der Waals surface area contributed by atoms with E-state index in [0.717, 1.165) is 57.9 Å². The highest BCUT2D eigenvalue weighted by Gasteiger charge is 2.30.